The molecule has 1 aliphatic heterocycles. The zero-order valence-electron chi connectivity index (χ0n) is 13.5. The Kier molecular flexibility index (Phi) is 4.99. The minimum Gasteiger partial charge on any atom is -0.424 e. The van der Waals surface area contributed by atoms with E-state index >= 15 is 0 Å². The van der Waals surface area contributed by atoms with Crippen molar-refractivity contribution in [1.82, 2.24) is 15.5 Å². The summed E-state index contributed by atoms with van der Waals surface area (Å²) in [7, 11) is 0. The molecule has 6 heteroatoms. The largest absolute Gasteiger partial charge is 0.424 e. The van der Waals surface area contributed by atoms with Gasteiger partial charge in [-0.2, -0.15) is 0 Å². The van der Waals surface area contributed by atoms with Gasteiger partial charge in [0.2, 0.25) is 11.8 Å². The number of rotatable bonds is 5. The van der Waals surface area contributed by atoms with Crippen molar-refractivity contribution < 1.29 is 9.15 Å². The number of halogens is 1. The average molecular weight is 336 g/mol. The van der Waals surface area contributed by atoms with Crippen molar-refractivity contribution in [3.05, 3.63) is 46.6 Å². The Morgan fingerprint density at radius 1 is 1.22 bits per heavy atom. The Bertz CT molecular complexity index is 636. The fourth-order valence-corrected chi connectivity index (χ4v) is 3.18. The topological polar surface area (TPSA) is 60.2 Å². The van der Waals surface area contributed by atoms with Crippen LogP contribution < -0.4 is 5.32 Å². The molecule has 1 N–H and O–H groups in total. The molecule has 1 fully saturated rings. The fourth-order valence-electron chi connectivity index (χ4n) is 3.06. The van der Waals surface area contributed by atoms with Crippen LogP contribution in [-0.2, 0) is 10.2 Å². The second-order valence-corrected chi connectivity index (χ2v) is 6.60. The van der Waals surface area contributed by atoms with Gasteiger partial charge in [-0.15, -0.1) is 10.2 Å². The molecular weight excluding hydrogens is 314 g/mol. The highest BCUT2D eigenvalue weighted by atomic mass is 35.5. The van der Waals surface area contributed by atoms with E-state index in [4.69, 9.17) is 20.8 Å². The number of aryl methyl sites for hydroxylation is 1. The summed E-state index contributed by atoms with van der Waals surface area (Å²) in [5.41, 5.74) is 1.35. The fraction of sp³-hybridized carbons (Fsp3) is 0.529. The predicted molar refractivity (Wildman–Crippen MR) is 88.6 cm³/mol. The van der Waals surface area contributed by atoms with E-state index < -0.39 is 0 Å². The number of hydrogen-bond donors (Lipinski definition) is 1. The van der Waals surface area contributed by atoms with E-state index in [-0.39, 0.29) is 11.5 Å². The molecule has 124 valence electrons. The number of nitrogens with one attached hydrogen (secondary N) is 1. The van der Waals surface area contributed by atoms with Gasteiger partial charge in [-0.1, -0.05) is 23.7 Å². The van der Waals surface area contributed by atoms with Crippen molar-refractivity contribution in [2.75, 3.05) is 19.8 Å². The van der Waals surface area contributed by atoms with Gasteiger partial charge in [0.05, 0.1) is 6.04 Å². The minimum atomic E-state index is 0.0169. The summed E-state index contributed by atoms with van der Waals surface area (Å²) in [6, 6.07) is 8.18. The number of aromatic nitrogens is 2. The van der Waals surface area contributed by atoms with Gasteiger partial charge in [-0.3, -0.25) is 0 Å². The molecule has 0 bridgehead atoms. The summed E-state index contributed by atoms with van der Waals surface area (Å²) in [4.78, 5) is 0. The smallest absolute Gasteiger partial charge is 0.233 e. The lowest BCUT2D eigenvalue weighted by Gasteiger charge is -2.38. The Labute approximate surface area is 141 Å². The van der Waals surface area contributed by atoms with Gasteiger partial charge >= 0.3 is 0 Å². The Morgan fingerprint density at radius 3 is 2.52 bits per heavy atom. The van der Waals surface area contributed by atoms with Gasteiger partial charge in [-0.05, 0) is 37.5 Å². The number of benzene rings is 1. The second-order valence-electron chi connectivity index (χ2n) is 6.16. The monoisotopic (exact) mass is 335 g/mol. The van der Waals surface area contributed by atoms with E-state index in [0.717, 1.165) is 37.6 Å². The van der Waals surface area contributed by atoms with Crippen LogP contribution >= 0.6 is 11.6 Å². The van der Waals surface area contributed by atoms with E-state index in [1.54, 1.807) is 6.92 Å². The van der Waals surface area contributed by atoms with Crippen molar-refractivity contribution in [2.45, 2.75) is 38.1 Å². The molecule has 1 atom stereocenters. The average Bonchev–Trinajstić information content (AvgIpc) is 3.01. The predicted octanol–water partition coefficient (Wildman–Crippen LogP) is 3.43. The van der Waals surface area contributed by atoms with E-state index in [9.17, 15) is 0 Å². The molecule has 1 unspecified atom stereocenters. The van der Waals surface area contributed by atoms with Crippen molar-refractivity contribution in [1.29, 1.82) is 0 Å². The lowest BCUT2D eigenvalue weighted by Crippen LogP contribution is -2.43. The summed E-state index contributed by atoms with van der Waals surface area (Å²) in [5, 5.41) is 12.3. The number of hydrogen-bond acceptors (Lipinski definition) is 5. The molecule has 0 radical (unpaired) electrons. The van der Waals surface area contributed by atoms with Gasteiger partial charge < -0.3 is 14.5 Å². The minimum absolute atomic E-state index is 0.0169. The molecule has 0 saturated carbocycles. The van der Waals surface area contributed by atoms with Crippen molar-refractivity contribution >= 4 is 11.6 Å². The van der Waals surface area contributed by atoms with Crippen molar-refractivity contribution in [3.63, 3.8) is 0 Å². The van der Waals surface area contributed by atoms with Crippen LogP contribution in [0.1, 0.15) is 43.2 Å². The van der Waals surface area contributed by atoms with Gasteiger partial charge in [0.25, 0.3) is 0 Å². The van der Waals surface area contributed by atoms with Crippen molar-refractivity contribution in [3.8, 4) is 0 Å². The molecule has 0 aliphatic carbocycles. The van der Waals surface area contributed by atoms with Crippen LogP contribution in [0, 0.1) is 6.92 Å². The van der Waals surface area contributed by atoms with Gasteiger partial charge in [0, 0.05) is 37.1 Å². The summed E-state index contributed by atoms with van der Waals surface area (Å²) in [6.45, 7) is 6.23. The first kappa shape index (κ1) is 16.4. The Hall–Kier alpha value is -1.43. The maximum Gasteiger partial charge on any atom is 0.233 e. The Balaban J connectivity index is 1.75. The molecular formula is C17H22ClN3O2. The van der Waals surface area contributed by atoms with Crippen LogP contribution in [0.2, 0.25) is 5.02 Å². The highest BCUT2D eigenvalue weighted by Gasteiger charge is 2.35. The highest BCUT2D eigenvalue weighted by molar-refractivity contribution is 6.30. The summed E-state index contributed by atoms with van der Waals surface area (Å²) < 4.78 is 11.1. The van der Waals surface area contributed by atoms with Crippen LogP contribution in [0.15, 0.2) is 28.7 Å². The Morgan fingerprint density at radius 2 is 1.91 bits per heavy atom. The third kappa shape index (κ3) is 3.74. The quantitative estimate of drug-likeness (QED) is 0.907. The molecule has 1 aromatic heterocycles. The highest BCUT2D eigenvalue weighted by Crippen LogP contribution is 2.35. The zero-order valence-corrected chi connectivity index (χ0v) is 14.3. The first-order chi connectivity index (χ1) is 11.1. The molecule has 0 amide bonds. The van der Waals surface area contributed by atoms with E-state index in [0.29, 0.717) is 11.8 Å². The first-order valence-corrected chi connectivity index (χ1v) is 8.34. The van der Waals surface area contributed by atoms with E-state index in [1.165, 1.54) is 5.56 Å². The molecule has 2 heterocycles. The second kappa shape index (κ2) is 6.99. The molecule has 3 rings (SSSR count). The molecule has 5 nitrogen and oxygen atoms in total. The molecule has 23 heavy (non-hydrogen) atoms. The lowest BCUT2D eigenvalue weighted by atomic mass is 9.74. The van der Waals surface area contributed by atoms with Gasteiger partial charge in [0.15, 0.2) is 0 Å². The SMILES string of the molecule is Cc1nnc(C(C)NCC2(c3ccc(Cl)cc3)CCOCC2)o1. The maximum absolute atomic E-state index is 6.04. The first-order valence-electron chi connectivity index (χ1n) is 7.96. The van der Waals surface area contributed by atoms with E-state index in [1.807, 2.05) is 19.1 Å². The van der Waals surface area contributed by atoms with Crippen LogP contribution in [-0.4, -0.2) is 30.0 Å². The van der Waals surface area contributed by atoms with Crippen LogP contribution in [0.4, 0.5) is 0 Å². The van der Waals surface area contributed by atoms with Crippen LogP contribution in [0.25, 0.3) is 0 Å². The van der Waals surface area contributed by atoms with Gasteiger partial charge in [-0.25, -0.2) is 0 Å². The zero-order chi connectivity index (χ0) is 16.3. The number of nitrogens with zero attached hydrogens (tertiary/aromatic N) is 2. The third-order valence-electron chi connectivity index (χ3n) is 4.57. The van der Waals surface area contributed by atoms with Gasteiger partial charge in [0.1, 0.15) is 0 Å². The molecule has 1 aliphatic rings. The van der Waals surface area contributed by atoms with Crippen molar-refractivity contribution in [2.24, 2.45) is 0 Å². The standard InChI is InChI=1S/C17H22ClN3O2/c1-12(16-21-20-13(2)23-16)19-11-17(7-9-22-10-8-17)14-3-5-15(18)6-4-14/h3-6,12,19H,7-11H2,1-2H3. The third-order valence-corrected chi connectivity index (χ3v) is 4.82. The number of ether oxygens (including phenoxy) is 1. The molecule has 2 aromatic rings. The lowest BCUT2D eigenvalue weighted by molar-refractivity contribution is 0.0487. The summed E-state index contributed by atoms with van der Waals surface area (Å²) in [6.07, 6.45) is 1.97. The van der Waals surface area contributed by atoms with Crippen LogP contribution in [0.5, 0.6) is 0 Å². The summed E-state index contributed by atoms with van der Waals surface area (Å²) in [5.74, 6) is 1.22. The molecule has 1 saturated heterocycles. The summed E-state index contributed by atoms with van der Waals surface area (Å²) >= 11 is 6.04. The normalized spacial score (nSPS) is 18.7. The molecule has 1 aromatic carbocycles. The molecule has 0 spiro atoms. The van der Waals surface area contributed by atoms with Crippen LogP contribution in [0.3, 0.4) is 0 Å². The maximum atomic E-state index is 6.04. The van der Waals surface area contributed by atoms with E-state index in [2.05, 4.69) is 27.6 Å².